The number of nitrogens with one attached hydrogen (secondary N) is 2. The van der Waals surface area contributed by atoms with E-state index in [1.165, 1.54) is 11.1 Å². The van der Waals surface area contributed by atoms with E-state index in [2.05, 4.69) is 34.9 Å². The summed E-state index contributed by atoms with van der Waals surface area (Å²) in [6.45, 7) is 2.96. The van der Waals surface area contributed by atoms with E-state index in [4.69, 9.17) is 4.74 Å². The lowest BCUT2D eigenvalue weighted by Crippen LogP contribution is -2.46. The van der Waals surface area contributed by atoms with Crippen molar-refractivity contribution in [1.29, 1.82) is 0 Å². The van der Waals surface area contributed by atoms with Crippen molar-refractivity contribution in [2.75, 3.05) is 33.4 Å². The van der Waals surface area contributed by atoms with Crippen LogP contribution in [0.1, 0.15) is 63.9 Å². The van der Waals surface area contributed by atoms with Crippen LogP contribution in [0.3, 0.4) is 0 Å². The highest BCUT2D eigenvalue weighted by Gasteiger charge is 2.43. The normalized spacial score (nSPS) is 20.9. The maximum Gasteiger partial charge on any atom is 0.254 e. The molecule has 2 N–H and O–H groups in total. The molecule has 1 aliphatic heterocycles. The minimum absolute atomic E-state index is 0.0239. The molecule has 2 fully saturated rings. The van der Waals surface area contributed by atoms with Gasteiger partial charge >= 0.3 is 0 Å². The summed E-state index contributed by atoms with van der Waals surface area (Å²) in [6.07, 6.45) is 7.60. The first-order chi connectivity index (χ1) is 17.1. The van der Waals surface area contributed by atoms with E-state index in [9.17, 15) is 9.59 Å². The summed E-state index contributed by atoms with van der Waals surface area (Å²) in [5, 5.41) is 6.90. The Morgan fingerprint density at radius 2 is 1.66 bits per heavy atom. The fourth-order valence-electron chi connectivity index (χ4n) is 5.59. The highest BCUT2D eigenvalue weighted by Crippen LogP contribution is 2.44. The molecule has 1 saturated carbocycles. The molecule has 5 rings (SSSR count). The van der Waals surface area contributed by atoms with Crippen LogP contribution < -0.4 is 10.6 Å². The average Bonchev–Trinajstić information content (AvgIpc) is 3.55. The number of ether oxygens (including phenoxy) is 1. The largest absolute Gasteiger partial charge is 0.383 e. The molecular weight excluding hydrogens is 438 g/mol. The van der Waals surface area contributed by atoms with E-state index in [1.807, 2.05) is 4.90 Å². The van der Waals surface area contributed by atoms with Crippen molar-refractivity contribution >= 4 is 11.8 Å². The smallest absolute Gasteiger partial charge is 0.254 e. The lowest BCUT2D eigenvalue weighted by molar-refractivity contribution is 0.0428. The first-order valence-corrected chi connectivity index (χ1v) is 13.1. The highest BCUT2D eigenvalue weighted by molar-refractivity contribution is 5.98. The Morgan fingerprint density at radius 3 is 2.31 bits per heavy atom. The average molecular weight is 476 g/mol. The van der Waals surface area contributed by atoms with E-state index in [0.717, 1.165) is 58.0 Å². The molecule has 2 amide bonds. The van der Waals surface area contributed by atoms with Crippen molar-refractivity contribution in [1.82, 2.24) is 15.5 Å². The van der Waals surface area contributed by atoms with Gasteiger partial charge in [0.2, 0.25) is 0 Å². The topological polar surface area (TPSA) is 70.7 Å². The van der Waals surface area contributed by atoms with Gasteiger partial charge in [-0.1, -0.05) is 24.3 Å². The first kappa shape index (κ1) is 24.0. The molecule has 2 aromatic carbocycles. The zero-order valence-electron chi connectivity index (χ0n) is 20.7. The second-order valence-corrected chi connectivity index (χ2v) is 10.6. The van der Waals surface area contributed by atoms with Crippen LogP contribution >= 0.6 is 0 Å². The molecule has 1 saturated heterocycles. The van der Waals surface area contributed by atoms with E-state index in [-0.39, 0.29) is 23.3 Å². The summed E-state index contributed by atoms with van der Waals surface area (Å²) >= 11 is 0. The number of hydrogen-bond donors (Lipinski definition) is 2. The predicted octanol–water partition coefficient (Wildman–Crippen LogP) is 3.59. The van der Waals surface area contributed by atoms with Crippen molar-refractivity contribution in [2.45, 2.75) is 57.0 Å². The van der Waals surface area contributed by atoms with Gasteiger partial charge in [0.1, 0.15) is 0 Å². The second kappa shape index (κ2) is 10.5. The zero-order chi connectivity index (χ0) is 24.3. The molecule has 0 bridgehead atoms. The molecule has 35 heavy (non-hydrogen) atoms. The minimum Gasteiger partial charge on any atom is -0.383 e. The third-order valence-electron chi connectivity index (χ3n) is 8.04. The first-order valence-electron chi connectivity index (χ1n) is 13.1. The number of amides is 2. The molecule has 186 valence electrons. The summed E-state index contributed by atoms with van der Waals surface area (Å²) in [5.74, 6) is -0.0467. The summed E-state index contributed by atoms with van der Waals surface area (Å²) in [7, 11) is 1.68. The Labute approximate surface area is 208 Å². The van der Waals surface area contributed by atoms with Crippen molar-refractivity contribution < 1.29 is 14.3 Å². The Kier molecular flexibility index (Phi) is 7.21. The van der Waals surface area contributed by atoms with Crippen LogP contribution in [0.5, 0.6) is 0 Å². The fourth-order valence-corrected chi connectivity index (χ4v) is 5.59. The van der Waals surface area contributed by atoms with Crippen LogP contribution in [-0.4, -0.2) is 62.1 Å². The summed E-state index contributed by atoms with van der Waals surface area (Å²) in [4.78, 5) is 27.8. The summed E-state index contributed by atoms with van der Waals surface area (Å²) < 4.78 is 5.32. The SMILES string of the molecule is COCC1CCCCN1C(=O)c1ccc(C(=O)NCC2(CNC3Cc4ccccc4C3)CC2)cc1. The molecular formula is C29H37N3O3. The molecule has 0 radical (unpaired) electrons. The third kappa shape index (κ3) is 5.60. The van der Waals surface area contributed by atoms with E-state index < -0.39 is 0 Å². The van der Waals surface area contributed by atoms with Crippen LogP contribution in [0.2, 0.25) is 0 Å². The van der Waals surface area contributed by atoms with Crippen LogP contribution in [0, 0.1) is 5.41 Å². The maximum absolute atomic E-state index is 13.0. The molecule has 2 aliphatic carbocycles. The van der Waals surface area contributed by atoms with Crippen molar-refractivity contribution in [3.8, 4) is 0 Å². The number of carbonyl (C=O) groups excluding carboxylic acids is 2. The van der Waals surface area contributed by atoms with E-state index in [0.29, 0.717) is 30.3 Å². The Bertz CT molecular complexity index is 1020. The van der Waals surface area contributed by atoms with Crippen LogP contribution in [0.15, 0.2) is 48.5 Å². The van der Waals surface area contributed by atoms with Gasteiger partial charge in [-0.25, -0.2) is 0 Å². The Balaban J connectivity index is 1.10. The Morgan fingerprint density at radius 1 is 0.971 bits per heavy atom. The molecule has 1 atom stereocenters. The number of piperidine rings is 1. The lowest BCUT2D eigenvalue weighted by Gasteiger charge is -2.35. The quantitative estimate of drug-likeness (QED) is 0.582. The number of carbonyl (C=O) groups is 2. The number of rotatable bonds is 9. The third-order valence-corrected chi connectivity index (χ3v) is 8.04. The molecule has 1 heterocycles. The van der Waals surface area contributed by atoms with Gasteiger partial charge in [-0.15, -0.1) is 0 Å². The summed E-state index contributed by atoms with van der Waals surface area (Å²) in [6, 6.07) is 16.4. The lowest BCUT2D eigenvalue weighted by atomic mass is 10.0. The van der Waals surface area contributed by atoms with Crippen LogP contribution in [0.4, 0.5) is 0 Å². The van der Waals surface area contributed by atoms with Gasteiger partial charge in [-0.05, 0) is 80.3 Å². The number of likely N-dealkylation sites (tertiary alicyclic amines) is 1. The number of hydrogen-bond acceptors (Lipinski definition) is 4. The minimum atomic E-state index is -0.0706. The van der Waals surface area contributed by atoms with Crippen molar-refractivity contribution in [3.63, 3.8) is 0 Å². The van der Waals surface area contributed by atoms with Gasteiger partial charge in [0, 0.05) is 49.3 Å². The maximum atomic E-state index is 13.0. The van der Waals surface area contributed by atoms with Gasteiger partial charge < -0.3 is 20.3 Å². The zero-order valence-corrected chi connectivity index (χ0v) is 20.7. The van der Waals surface area contributed by atoms with Crippen molar-refractivity contribution in [3.05, 3.63) is 70.8 Å². The monoisotopic (exact) mass is 475 g/mol. The molecule has 2 aromatic rings. The van der Waals surface area contributed by atoms with Gasteiger partial charge in [-0.2, -0.15) is 0 Å². The number of methoxy groups -OCH3 is 1. The number of nitrogens with zero attached hydrogens (tertiary/aromatic N) is 1. The molecule has 0 aromatic heterocycles. The van der Waals surface area contributed by atoms with Gasteiger partial charge in [-0.3, -0.25) is 9.59 Å². The number of benzene rings is 2. The van der Waals surface area contributed by atoms with Gasteiger partial charge in [0.25, 0.3) is 11.8 Å². The van der Waals surface area contributed by atoms with Crippen molar-refractivity contribution in [2.24, 2.45) is 5.41 Å². The van der Waals surface area contributed by atoms with Gasteiger partial charge in [0.15, 0.2) is 0 Å². The van der Waals surface area contributed by atoms with E-state index >= 15 is 0 Å². The Hall–Kier alpha value is -2.70. The highest BCUT2D eigenvalue weighted by atomic mass is 16.5. The molecule has 1 unspecified atom stereocenters. The van der Waals surface area contributed by atoms with Crippen LogP contribution in [0.25, 0.3) is 0 Å². The molecule has 3 aliphatic rings. The fraction of sp³-hybridized carbons (Fsp3) is 0.517. The predicted molar refractivity (Wildman–Crippen MR) is 137 cm³/mol. The van der Waals surface area contributed by atoms with Crippen LogP contribution in [-0.2, 0) is 17.6 Å². The number of fused-ring (bicyclic) bond motifs is 1. The summed E-state index contributed by atoms with van der Waals surface area (Å²) in [5.41, 5.74) is 4.32. The van der Waals surface area contributed by atoms with Gasteiger partial charge in [0.05, 0.1) is 12.6 Å². The second-order valence-electron chi connectivity index (χ2n) is 10.6. The standard InChI is InChI=1S/C29H37N3O3/c1-35-18-26-8-4-5-15-32(26)28(34)22-11-9-21(10-12-22)27(33)31-20-29(13-14-29)19-30-25-16-23-6-2-3-7-24(23)17-25/h2-3,6-7,9-12,25-26,30H,4-5,8,13-20H2,1H3,(H,31,33). The van der Waals surface area contributed by atoms with E-state index in [1.54, 1.807) is 31.4 Å². The molecule has 6 heteroatoms. The molecule has 6 nitrogen and oxygen atoms in total. The molecule has 0 spiro atoms.